The maximum Gasteiger partial charge on any atom is 0.0945 e. The molecule has 0 radical (unpaired) electrons. The van der Waals surface area contributed by atoms with Gasteiger partial charge in [0.05, 0.1) is 25.4 Å². The van der Waals surface area contributed by atoms with Gasteiger partial charge in [0.1, 0.15) is 0 Å². The molecule has 1 fully saturated rings. The van der Waals surface area contributed by atoms with Crippen LogP contribution in [0.4, 0.5) is 5.69 Å². The van der Waals surface area contributed by atoms with E-state index in [0.717, 1.165) is 29.6 Å². The molecule has 1 aliphatic rings. The van der Waals surface area contributed by atoms with Gasteiger partial charge >= 0.3 is 0 Å². The summed E-state index contributed by atoms with van der Waals surface area (Å²) in [5.74, 6) is 0. The van der Waals surface area contributed by atoms with Crippen molar-refractivity contribution in [2.24, 2.45) is 0 Å². The lowest BCUT2D eigenvalue weighted by molar-refractivity contribution is -0.0137. The van der Waals surface area contributed by atoms with E-state index in [-0.39, 0.29) is 6.10 Å². The normalized spacial score (nSPS) is 20.1. The lowest BCUT2D eigenvalue weighted by Gasteiger charge is -2.15. The number of aliphatic hydroxyl groups is 1. The Labute approximate surface area is 128 Å². The molecular formula is C15H22BrNO3. The number of rotatable bonds is 7. The Morgan fingerprint density at radius 2 is 2.40 bits per heavy atom. The van der Waals surface area contributed by atoms with Crippen LogP contribution in [0.1, 0.15) is 18.4 Å². The molecule has 0 spiro atoms. The second-order valence-electron chi connectivity index (χ2n) is 5.17. The van der Waals surface area contributed by atoms with E-state index in [9.17, 15) is 5.11 Å². The highest BCUT2D eigenvalue weighted by Gasteiger charge is 2.16. The van der Waals surface area contributed by atoms with Gasteiger partial charge in [0, 0.05) is 23.3 Å². The van der Waals surface area contributed by atoms with Gasteiger partial charge in [-0.15, -0.1) is 0 Å². The summed E-state index contributed by atoms with van der Waals surface area (Å²) in [7, 11) is 0. The average Bonchev–Trinajstić information content (AvgIpc) is 2.93. The first-order chi connectivity index (χ1) is 9.65. The summed E-state index contributed by atoms with van der Waals surface area (Å²) in [5, 5.41) is 13.1. The molecule has 2 N–H and O–H groups in total. The first-order valence-electron chi connectivity index (χ1n) is 7.02. The van der Waals surface area contributed by atoms with Gasteiger partial charge in [-0.1, -0.05) is 22.0 Å². The van der Waals surface area contributed by atoms with Crippen LogP contribution in [0.25, 0.3) is 0 Å². The van der Waals surface area contributed by atoms with Crippen molar-refractivity contribution in [3.05, 3.63) is 28.2 Å². The van der Waals surface area contributed by atoms with Crippen LogP contribution in [-0.4, -0.2) is 43.7 Å². The van der Waals surface area contributed by atoms with Crippen LogP contribution in [0.3, 0.4) is 0 Å². The molecule has 0 aliphatic carbocycles. The highest BCUT2D eigenvalue weighted by atomic mass is 79.9. The summed E-state index contributed by atoms with van der Waals surface area (Å²) in [6, 6.07) is 6.04. The molecule has 20 heavy (non-hydrogen) atoms. The van der Waals surface area contributed by atoms with E-state index >= 15 is 0 Å². The van der Waals surface area contributed by atoms with Crippen LogP contribution < -0.4 is 5.32 Å². The molecule has 2 rings (SSSR count). The number of hydrogen-bond acceptors (Lipinski definition) is 4. The van der Waals surface area contributed by atoms with Crippen molar-refractivity contribution in [3.8, 4) is 0 Å². The molecular weight excluding hydrogens is 322 g/mol. The summed E-state index contributed by atoms with van der Waals surface area (Å²) in [4.78, 5) is 0. The Morgan fingerprint density at radius 3 is 3.10 bits per heavy atom. The molecule has 1 aromatic carbocycles. The van der Waals surface area contributed by atoms with Crippen LogP contribution in [0, 0.1) is 6.92 Å². The summed E-state index contributed by atoms with van der Waals surface area (Å²) in [5.41, 5.74) is 2.18. The zero-order chi connectivity index (χ0) is 14.4. The number of hydrogen-bond donors (Lipinski definition) is 2. The van der Waals surface area contributed by atoms with Crippen molar-refractivity contribution in [1.82, 2.24) is 0 Å². The van der Waals surface area contributed by atoms with E-state index in [1.165, 1.54) is 5.56 Å². The molecule has 112 valence electrons. The highest BCUT2D eigenvalue weighted by molar-refractivity contribution is 9.10. The second-order valence-corrected chi connectivity index (χ2v) is 6.03. The molecule has 2 atom stereocenters. The quantitative estimate of drug-likeness (QED) is 0.799. The lowest BCUT2D eigenvalue weighted by atomic mass is 10.2. The number of nitrogens with one attached hydrogen (secondary N) is 1. The second kappa shape index (κ2) is 7.98. The van der Waals surface area contributed by atoms with Crippen LogP contribution in [0.15, 0.2) is 22.7 Å². The van der Waals surface area contributed by atoms with Gasteiger partial charge in [-0.05, 0) is 37.5 Å². The Balaban J connectivity index is 1.63. The van der Waals surface area contributed by atoms with Crippen LogP contribution in [-0.2, 0) is 9.47 Å². The van der Waals surface area contributed by atoms with Crippen LogP contribution in [0.2, 0.25) is 0 Å². The SMILES string of the molecule is Cc1ccc(NCC(O)COCC2CCCO2)cc1Br. The van der Waals surface area contributed by atoms with Gasteiger partial charge in [-0.2, -0.15) is 0 Å². The molecule has 0 bridgehead atoms. The summed E-state index contributed by atoms with van der Waals surface area (Å²) < 4.78 is 12.0. The number of halogens is 1. The predicted octanol–water partition coefficient (Wildman–Crippen LogP) is 2.73. The molecule has 5 heteroatoms. The van der Waals surface area contributed by atoms with Crippen molar-refractivity contribution < 1.29 is 14.6 Å². The van der Waals surface area contributed by atoms with Gasteiger partial charge in [-0.25, -0.2) is 0 Å². The van der Waals surface area contributed by atoms with E-state index < -0.39 is 6.10 Å². The van der Waals surface area contributed by atoms with Gasteiger partial charge in [0.25, 0.3) is 0 Å². The van der Waals surface area contributed by atoms with Crippen molar-refractivity contribution in [2.45, 2.75) is 32.0 Å². The Hall–Kier alpha value is -0.620. The molecule has 1 saturated heterocycles. The number of aryl methyl sites for hydroxylation is 1. The Kier molecular flexibility index (Phi) is 6.29. The van der Waals surface area contributed by atoms with Gasteiger partial charge in [0.2, 0.25) is 0 Å². The lowest BCUT2D eigenvalue weighted by Crippen LogP contribution is -2.27. The molecule has 0 aromatic heterocycles. The third kappa shape index (κ3) is 5.05. The van der Waals surface area contributed by atoms with Crippen LogP contribution >= 0.6 is 15.9 Å². The maximum atomic E-state index is 9.87. The summed E-state index contributed by atoms with van der Waals surface area (Å²) in [6.07, 6.45) is 1.87. The van der Waals surface area contributed by atoms with Gasteiger partial charge in [0.15, 0.2) is 0 Å². The van der Waals surface area contributed by atoms with Crippen molar-refractivity contribution in [1.29, 1.82) is 0 Å². The summed E-state index contributed by atoms with van der Waals surface area (Å²) >= 11 is 3.49. The summed E-state index contributed by atoms with van der Waals surface area (Å²) in [6.45, 7) is 4.26. The minimum Gasteiger partial charge on any atom is -0.389 e. The molecule has 4 nitrogen and oxygen atoms in total. The minimum absolute atomic E-state index is 0.211. The smallest absolute Gasteiger partial charge is 0.0945 e. The third-order valence-corrected chi connectivity index (χ3v) is 4.21. The molecule has 0 amide bonds. The molecule has 1 aliphatic heterocycles. The molecule has 1 heterocycles. The first kappa shape index (κ1) is 15.8. The fourth-order valence-electron chi connectivity index (χ4n) is 2.11. The monoisotopic (exact) mass is 343 g/mol. The van der Waals surface area contributed by atoms with E-state index in [2.05, 4.69) is 21.2 Å². The van der Waals surface area contributed by atoms with E-state index in [1.807, 2.05) is 25.1 Å². The number of anilines is 1. The van der Waals surface area contributed by atoms with E-state index in [1.54, 1.807) is 0 Å². The highest BCUT2D eigenvalue weighted by Crippen LogP contribution is 2.20. The average molecular weight is 344 g/mol. The fourth-order valence-corrected chi connectivity index (χ4v) is 2.49. The largest absolute Gasteiger partial charge is 0.389 e. The zero-order valence-electron chi connectivity index (χ0n) is 11.8. The number of aliphatic hydroxyl groups excluding tert-OH is 1. The third-order valence-electron chi connectivity index (χ3n) is 3.35. The molecule has 1 aromatic rings. The first-order valence-corrected chi connectivity index (χ1v) is 7.82. The predicted molar refractivity (Wildman–Crippen MR) is 83.2 cm³/mol. The van der Waals surface area contributed by atoms with Gasteiger partial charge in [-0.3, -0.25) is 0 Å². The topological polar surface area (TPSA) is 50.7 Å². The van der Waals surface area contributed by atoms with Crippen molar-refractivity contribution in [3.63, 3.8) is 0 Å². The minimum atomic E-state index is -0.517. The maximum absolute atomic E-state index is 9.87. The fraction of sp³-hybridized carbons (Fsp3) is 0.600. The van der Waals surface area contributed by atoms with E-state index in [4.69, 9.17) is 9.47 Å². The van der Waals surface area contributed by atoms with Crippen molar-refractivity contribution >= 4 is 21.6 Å². The molecule has 2 unspecified atom stereocenters. The van der Waals surface area contributed by atoms with Gasteiger partial charge < -0.3 is 19.9 Å². The van der Waals surface area contributed by atoms with Crippen LogP contribution in [0.5, 0.6) is 0 Å². The number of ether oxygens (including phenoxy) is 2. The zero-order valence-corrected chi connectivity index (χ0v) is 13.4. The number of benzene rings is 1. The molecule has 0 saturated carbocycles. The standard InChI is InChI=1S/C15H22BrNO3/c1-11-4-5-12(7-15(11)16)17-8-13(18)9-19-10-14-3-2-6-20-14/h4-5,7,13-14,17-18H,2-3,6,8-10H2,1H3. The van der Waals surface area contributed by atoms with E-state index in [0.29, 0.717) is 19.8 Å². The Morgan fingerprint density at radius 1 is 1.55 bits per heavy atom. The van der Waals surface area contributed by atoms with Crippen molar-refractivity contribution in [2.75, 3.05) is 31.7 Å². The Bertz CT molecular complexity index is 422.